The largest absolute Gasteiger partial charge is 0.472 e. The van der Waals surface area contributed by atoms with Gasteiger partial charge in [0.1, 0.15) is 19.3 Å². The molecule has 3 N–H and O–H groups in total. The number of unbranched alkanes of at least 4 members (excludes halogenated alkanes) is 29. The highest BCUT2D eigenvalue weighted by Gasteiger charge is 2.30. The summed E-state index contributed by atoms with van der Waals surface area (Å²) in [5.41, 5.74) is 0. The summed E-state index contributed by atoms with van der Waals surface area (Å²) in [5, 5.41) is 10.7. The van der Waals surface area contributed by atoms with Crippen molar-refractivity contribution in [3.8, 4) is 0 Å². The second-order valence-corrected chi connectivity index (χ2v) is 30.2. The van der Waals surface area contributed by atoms with Crippen LogP contribution in [0.25, 0.3) is 0 Å². The third-order valence-electron chi connectivity index (χ3n) is 17.1. The van der Waals surface area contributed by atoms with E-state index in [1.54, 1.807) is 0 Å². The number of carbonyl (C=O) groups is 4. The highest BCUT2D eigenvalue weighted by Crippen LogP contribution is 2.45. The number of rotatable bonds is 77. The molecule has 5 unspecified atom stereocenters. The second kappa shape index (κ2) is 78.3. The first-order valence-electron chi connectivity index (χ1n) is 41.4. The normalized spacial score (nSPS) is 14.5. The van der Waals surface area contributed by atoms with Crippen molar-refractivity contribution < 1.29 is 80.2 Å². The first kappa shape index (κ1) is 101. The van der Waals surface area contributed by atoms with Gasteiger partial charge < -0.3 is 33.8 Å². The lowest BCUT2D eigenvalue weighted by Crippen LogP contribution is -2.30. The van der Waals surface area contributed by atoms with E-state index in [9.17, 15) is 43.2 Å². The third kappa shape index (κ3) is 77.4. The molecule has 0 heterocycles. The van der Waals surface area contributed by atoms with Gasteiger partial charge in [-0.2, -0.15) is 0 Å². The third-order valence-corrected chi connectivity index (χ3v) is 19.0. The summed E-state index contributed by atoms with van der Waals surface area (Å²) in [6.07, 6.45) is 88.5. The molecule has 0 aliphatic rings. The van der Waals surface area contributed by atoms with Gasteiger partial charge in [-0.15, -0.1) is 0 Å². The Morgan fingerprint density at radius 3 is 0.802 bits per heavy atom. The van der Waals surface area contributed by atoms with Crippen LogP contribution in [0.1, 0.15) is 336 Å². The Morgan fingerprint density at radius 1 is 0.274 bits per heavy atom. The minimum Gasteiger partial charge on any atom is -0.462 e. The fourth-order valence-electron chi connectivity index (χ4n) is 10.8. The molecule has 0 saturated heterocycles. The molecule has 0 bridgehead atoms. The maximum absolute atomic E-state index is 13.1. The monoisotopic (exact) mass is 1530 g/mol. The summed E-state index contributed by atoms with van der Waals surface area (Å²) in [5.74, 6) is -2.27. The van der Waals surface area contributed by atoms with Crippen LogP contribution in [0.5, 0.6) is 0 Å². The standard InChI is InChI=1S/C87H148O17P2/c1-5-9-13-17-21-25-29-33-37-39-40-42-46-48-52-56-60-64-68-72-85(90)98-78-83(104-87(92)74-70-66-62-58-54-50-44-36-32-28-24-20-16-12-8-4)80-102-106(95,96)100-76-81(88)75-99-105(93,94)101-79-82(103-86(91)73-69-65-61-57-53-49-43-35-31-27-23-19-15-11-7-3)77-97-84(89)71-67-63-59-55-51-47-45-41-38-34-30-26-22-18-14-10-6-2/h9-10,13-14,21-22,25-26,33-38,40,42-45,47,55,59,81-83,88H,5-8,11-12,15-20,23-24,27-32,39,41,46,48-54,56-58,60-80H2,1-4H3,(H,93,94)(H,95,96)/b13-9-,14-10-,25-21-,26-22-,37-33-,38-34-,42-40-,43-35-,44-36-,47-45-,59-55-. The van der Waals surface area contributed by atoms with Crippen molar-refractivity contribution in [2.45, 2.75) is 354 Å². The van der Waals surface area contributed by atoms with E-state index in [1.807, 2.05) is 12.2 Å². The van der Waals surface area contributed by atoms with Crippen molar-refractivity contribution >= 4 is 39.5 Å². The molecule has 0 aromatic heterocycles. The lowest BCUT2D eigenvalue weighted by atomic mass is 10.1. The molecule has 0 aliphatic heterocycles. The zero-order valence-electron chi connectivity index (χ0n) is 66.6. The summed E-state index contributed by atoms with van der Waals surface area (Å²) < 4.78 is 68.7. The fraction of sp³-hybridized carbons (Fsp3) is 0.701. The Kier molecular flexibility index (Phi) is 74.8. The van der Waals surface area contributed by atoms with Crippen LogP contribution in [-0.2, 0) is 65.4 Å². The molecule has 0 fully saturated rings. The van der Waals surface area contributed by atoms with Gasteiger partial charge >= 0.3 is 39.5 Å². The van der Waals surface area contributed by atoms with Crippen LogP contribution in [0, 0.1) is 0 Å². The minimum atomic E-state index is -5.00. The molecule has 19 heteroatoms. The maximum atomic E-state index is 13.1. The molecule has 608 valence electrons. The average molecular weight is 1530 g/mol. The lowest BCUT2D eigenvalue weighted by molar-refractivity contribution is -0.161. The Bertz CT molecular complexity index is 2530. The number of ether oxygens (including phenoxy) is 4. The molecule has 0 rings (SSSR count). The van der Waals surface area contributed by atoms with Crippen molar-refractivity contribution in [1.82, 2.24) is 0 Å². The number of phosphoric acid groups is 2. The highest BCUT2D eigenvalue weighted by molar-refractivity contribution is 7.47. The van der Waals surface area contributed by atoms with Gasteiger partial charge in [0.05, 0.1) is 26.4 Å². The maximum Gasteiger partial charge on any atom is 0.472 e. The van der Waals surface area contributed by atoms with Crippen LogP contribution in [0.2, 0.25) is 0 Å². The Hall–Kier alpha value is -4.80. The molecule has 0 radical (unpaired) electrons. The second-order valence-electron chi connectivity index (χ2n) is 27.3. The molecule has 0 saturated carbocycles. The lowest BCUT2D eigenvalue weighted by Gasteiger charge is -2.21. The molecule has 0 amide bonds. The van der Waals surface area contributed by atoms with E-state index in [2.05, 4.69) is 149 Å². The van der Waals surface area contributed by atoms with E-state index >= 15 is 0 Å². The summed E-state index contributed by atoms with van der Waals surface area (Å²) in [7, 11) is -9.99. The van der Waals surface area contributed by atoms with Crippen molar-refractivity contribution in [1.29, 1.82) is 0 Å². The SMILES string of the molecule is CC/C=C\C/C=C\C/C=C\C/C=C\C/C=C\CCCC(=O)OCC(COP(=O)(O)OCC(O)COP(=O)(O)OCC(COC(=O)CCCCCCCC/C=C\C/C=C\C/C=C\C/C=C\CC)OC(=O)CCCCCCC/C=C\CCCCCCCC)OC(=O)CCCCCCC/C=C\CCCCCCCC. The zero-order valence-corrected chi connectivity index (χ0v) is 68.4. The van der Waals surface area contributed by atoms with Crippen LogP contribution < -0.4 is 0 Å². The van der Waals surface area contributed by atoms with E-state index in [-0.39, 0.29) is 25.7 Å². The molecule has 106 heavy (non-hydrogen) atoms. The number of phosphoric ester groups is 2. The summed E-state index contributed by atoms with van der Waals surface area (Å²) in [6, 6.07) is 0. The Balaban J connectivity index is 5.43. The predicted octanol–water partition coefficient (Wildman–Crippen LogP) is 24.4. The molecule has 0 aromatic rings. The predicted molar refractivity (Wildman–Crippen MR) is 436 cm³/mol. The Morgan fingerprint density at radius 2 is 0.500 bits per heavy atom. The zero-order chi connectivity index (χ0) is 77.4. The first-order chi connectivity index (χ1) is 51.7. The van der Waals surface area contributed by atoms with Gasteiger partial charge in [-0.1, -0.05) is 290 Å². The number of carbonyl (C=O) groups excluding carboxylic acids is 4. The molecule has 17 nitrogen and oxygen atoms in total. The molecular formula is C87H148O17P2. The fourth-order valence-corrected chi connectivity index (χ4v) is 12.4. The van der Waals surface area contributed by atoms with E-state index in [0.717, 1.165) is 173 Å². The van der Waals surface area contributed by atoms with Gasteiger partial charge in [0.25, 0.3) is 0 Å². The van der Waals surface area contributed by atoms with E-state index in [4.69, 9.17) is 37.0 Å². The van der Waals surface area contributed by atoms with Crippen molar-refractivity contribution in [3.05, 3.63) is 134 Å². The number of hydrogen-bond acceptors (Lipinski definition) is 15. The number of hydrogen-bond donors (Lipinski definition) is 3. The van der Waals surface area contributed by atoms with Gasteiger partial charge in [-0.05, 0) is 154 Å². The molecule has 0 spiro atoms. The highest BCUT2D eigenvalue weighted by atomic mass is 31.2. The van der Waals surface area contributed by atoms with Crippen LogP contribution in [0.15, 0.2) is 134 Å². The first-order valence-corrected chi connectivity index (χ1v) is 44.4. The summed E-state index contributed by atoms with van der Waals surface area (Å²) in [4.78, 5) is 73.1. The minimum absolute atomic E-state index is 0.0705. The number of aliphatic hydroxyl groups excluding tert-OH is 1. The summed E-state index contributed by atoms with van der Waals surface area (Å²) >= 11 is 0. The van der Waals surface area contributed by atoms with Gasteiger partial charge in [-0.3, -0.25) is 37.3 Å². The van der Waals surface area contributed by atoms with Crippen molar-refractivity contribution in [2.75, 3.05) is 39.6 Å². The number of aliphatic hydroxyl groups is 1. The number of allylic oxidation sites excluding steroid dienone is 22. The topological polar surface area (TPSA) is 237 Å². The van der Waals surface area contributed by atoms with E-state index in [0.29, 0.717) is 32.1 Å². The van der Waals surface area contributed by atoms with Crippen molar-refractivity contribution in [2.24, 2.45) is 0 Å². The molecular weight excluding hydrogens is 1380 g/mol. The van der Waals surface area contributed by atoms with E-state index < -0.39 is 97.5 Å². The van der Waals surface area contributed by atoms with Crippen LogP contribution in [0.3, 0.4) is 0 Å². The average Bonchev–Trinajstić information content (AvgIpc) is 0.928. The van der Waals surface area contributed by atoms with Gasteiger partial charge in [0.2, 0.25) is 0 Å². The van der Waals surface area contributed by atoms with Crippen LogP contribution in [-0.4, -0.2) is 96.7 Å². The van der Waals surface area contributed by atoms with E-state index in [1.165, 1.54) is 77.0 Å². The number of esters is 4. The van der Waals surface area contributed by atoms with Crippen LogP contribution >= 0.6 is 15.6 Å². The van der Waals surface area contributed by atoms with Gasteiger partial charge in [0.15, 0.2) is 12.2 Å². The van der Waals surface area contributed by atoms with Crippen molar-refractivity contribution in [3.63, 3.8) is 0 Å². The molecule has 0 aliphatic carbocycles. The quantitative estimate of drug-likeness (QED) is 0.0169. The smallest absolute Gasteiger partial charge is 0.462 e. The summed E-state index contributed by atoms with van der Waals surface area (Å²) in [6.45, 7) is 4.57. The molecule has 5 atom stereocenters. The van der Waals surface area contributed by atoms with Crippen LogP contribution in [0.4, 0.5) is 0 Å². The Labute approximate surface area is 644 Å². The van der Waals surface area contributed by atoms with Gasteiger partial charge in [0, 0.05) is 25.7 Å². The molecule has 0 aromatic carbocycles. The van der Waals surface area contributed by atoms with Gasteiger partial charge in [-0.25, -0.2) is 9.13 Å².